The molecule has 0 aliphatic rings. The minimum absolute atomic E-state index is 0.228. The number of amides is 1. The second kappa shape index (κ2) is 7.89. The standard InChI is InChI=1S/C16H17N5O2S/c1-24-11-23-8-7-21-10-19-13-14(17-9-18-15(13)21)20-16(22)12-5-3-2-4-6-12/h2-6,9-10H,7-8,11H2,1H3,(H,17,18,20,22). The van der Waals surface area contributed by atoms with Gasteiger partial charge in [-0.05, 0) is 18.4 Å². The number of rotatable bonds is 7. The fraction of sp³-hybridized carbons (Fsp3) is 0.250. The fourth-order valence-electron chi connectivity index (χ4n) is 2.21. The molecule has 0 unspecified atom stereocenters. The van der Waals surface area contributed by atoms with Gasteiger partial charge in [-0.25, -0.2) is 15.0 Å². The van der Waals surface area contributed by atoms with E-state index in [-0.39, 0.29) is 5.91 Å². The lowest BCUT2D eigenvalue weighted by molar-refractivity contribution is 0.102. The Morgan fingerprint density at radius 3 is 2.88 bits per heavy atom. The molecule has 0 radical (unpaired) electrons. The summed E-state index contributed by atoms with van der Waals surface area (Å²) in [5.74, 6) is 0.825. The zero-order valence-electron chi connectivity index (χ0n) is 13.2. The Labute approximate surface area is 143 Å². The highest BCUT2D eigenvalue weighted by molar-refractivity contribution is 7.98. The van der Waals surface area contributed by atoms with Gasteiger partial charge in [0.15, 0.2) is 17.0 Å². The van der Waals surface area contributed by atoms with Gasteiger partial charge in [0.25, 0.3) is 5.91 Å². The summed E-state index contributed by atoms with van der Waals surface area (Å²) in [6.45, 7) is 1.21. The van der Waals surface area contributed by atoms with Crippen LogP contribution in [0.5, 0.6) is 0 Å². The maximum atomic E-state index is 12.3. The lowest BCUT2D eigenvalue weighted by Gasteiger charge is -2.06. The lowest BCUT2D eigenvalue weighted by atomic mass is 10.2. The lowest BCUT2D eigenvalue weighted by Crippen LogP contribution is -2.13. The van der Waals surface area contributed by atoms with Gasteiger partial charge < -0.3 is 14.6 Å². The number of ether oxygens (including phenoxy) is 1. The van der Waals surface area contributed by atoms with Gasteiger partial charge in [0, 0.05) is 12.1 Å². The Morgan fingerprint density at radius 1 is 1.25 bits per heavy atom. The first-order valence-corrected chi connectivity index (χ1v) is 8.78. The van der Waals surface area contributed by atoms with E-state index in [0.29, 0.717) is 41.6 Å². The van der Waals surface area contributed by atoms with Crippen molar-refractivity contribution in [1.82, 2.24) is 19.5 Å². The van der Waals surface area contributed by atoms with E-state index >= 15 is 0 Å². The number of thioether (sulfide) groups is 1. The molecule has 0 saturated carbocycles. The van der Waals surface area contributed by atoms with Crippen molar-refractivity contribution in [2.24, 2.45) is 0 Å². The van der Waals surface area contributed by atoms with E-state index < -0.39 is 0 Å². The van der Waals surface area contributed by atoms with Gasteiger partial charge in [0.1, 0.15) is 6.33 Å². The summed E-state index contributed by atoms with van der Waals surface area (Å²) in [6, 6.07) is 8.98. The van der Waals surface area contributed by atoms with Gasteiger partial charge >= 0.3 is 0 Å². The Morgan fingerprint density at radius 2 is 2.08 bits per heavy atom. The summed E-state index contributed by atoms with van der Waals surface area (Å²) < 4.78 is 7.34. The molecule has 0 fully saturated rings. The maximum Gasteiger partial charge on any atom is 0.256 e. The largest absolute Gasteiger partial charge is 0.369 e. The molecule has 1 N–H and O–H groups in total. The first-order chi connectivity index (χ1) is 11.8. The van der Waals surface area contributed by atoms with E-state index in [1.165, 1.54) is 6.33 Å². The van der Waals surface area contributed by atoms with Crippen LogP contribution in [0.2, 0.25) is 0 Å². The zero-order chi connectivity index (χ0) is 16.8. The number of hydrogen-bond donors (Lipinski definition) is 1. The molecule has 2 aromatic heterocycles. The van der Waals surface area contributed by atoms with E-state index in [0.717, 1.165) is 0 Å². The van der Waals surface area contributed by atoms with Crippen LogP contribution in [0.15, 0.2) is 43.0 Å². The van der Waals surface area contributed by atoms with Crippen molar-refractivity contribution in [2.45, 2.75) is 6.54 Å². The van der Waals surface area contributed by atoms with Crippen molar-refractivity contribution in [3.05, 3.63) is 48.5 Å². The molecule has 2 heterocycles. The first kappa shape index (κ1) is 16.4. The molecular weight excluding hydrogens is 326 g/mol. The van der Waals surface area contributed by atoms with E-state index in [2.05, 4.69) is 20.3 Å². The minimum atomic E-state index is -0.228. The molecule has 1 amide bonds. The predicted octanol–water partition coefficient (Wildman–Crippen LogP) is 2.42. The van der Waals surface area contributed by atoms with Gasteiger partial charge in [-0.1, -0.05) is 18.2 Å². The SMILES string of the molecule is CSCOCCn1cnc2c(NC(=O)c3ccccc3)ncnc21. The Balaban J connectivity index is 1.77. The molecule has 0 atom stereocenters. The van der Waals surface area contributed by atoms with Gasteiger partial charge in [0.05, 0.1) is 18.9 Å². The van der Waals surface area contributed by atoms with Crippen LogP contribution in [0.3, 0.4) is 0 Å². The zero-order valence-corrected chi connectivity index (χ0v) is 14.0. The molecule has 0 aliphatic heterocycles. The second-order valence-electron chi connectivity index (χ2n) is 4.97. The molecule has 8 heteroatoms. The van der Waals surface area contributed by atoms with Crippen molar-refractivity contribution in [2.75, 3.05) is 24.1 Å². The number of carbonyl (C=O) groups is 1. The number of fused-ring (bicyclic) bond motifs is 1. The van der Waals surface area contributed by atoms with E-state index in [1.807, 2.05) is 29.0 Å². The van der Waals surface area contributed by atoms with Crippen LogP contribution in [0.25, 0.3) is 11.2 Å². The number of anilines is 1. The van der Waals surface area contributed by atoms with Crippen LogP contribution < -0.4 is 5.32 Å². The molecule has 124 valence electrons. The smallest absolute Gasteiger partial charge is 0.256 e. The van der Waals surface area contributed by atoms with E-state index in [4.69, 9.17) is 4.74 Å². The molecule has 7 nitrogen and oxygen atoms in total. The number of imidazole rings is 1. The summed E-state index contributed by atoms with van der Waals surface area (Å²) in [7, 11) is 0. The fourth-order valence-corrected chi connectivity index (χ4v) is 2.49. The van der Waals surface area contributed by atoms with Crippen LogP contribution >= 0.6 is 11.8 Å². The average molecular weight is 343 g/mol. The van der Waals surface area contributed by atoms with Crippen LogP contribution in [-0.2, 0) is 11.3 Å². The van der Waals surface area contributed by atoms with Crippen LogP contribution in [0.4, 0.5) is 5.82 Å². The van der Waals surface area contributed by atoms with Gasteiger partial charge in [0.2, 0.25) is 0 Å². The van der Waals surface area contributed by atoms with Crippen molar-refractivity contribution in [3.63, 3.8) is 0 Å². The van der Waals surface area contributed by atoms with Crippen molar-refractivity contribution < 1.29 is 9.53 Å². The third kappa shape index (κ3) is 3.72. The number of nitrogens with zero attached hydrogens (tertiary/aromatic N) is 4. The van der Waals surface area contributed by atoms with Crippen molar-refractivity contribution >= 4 is 34.7 Å². The molecule has 0 bridgehead atoms. The van der Waals surface area contributed by atoms with E-state index in [1.54, 1.807) is 30.2 Å². The Hall–Kier alpha value is -2.45. The quantitative estimate of drug-likeness (QED) is 0.524. The summed E-state index contributed by atoms with van der Waals surface area (Å²) >= 11 is 1.63. The van der Waals surface area contributed by atoms with Crippen LogP contribution in [-0.4, -0.2) is 44.2 Å². The molecule has 0 spiro atoms. The van der Waals surface area contributed by atoms with Gasteiger partial charge in [-0.3, -0.25) is 4.79 Å². The summed E-state index contributed by atoms with van der Waals surface area (Å²) in [4.78, 5) is 25.0. The number of carbonyl (C=O) groups excluding carboxylic acids is 1. The average Bonchev–Trinajstić information content (AvgIpc) is 3.04. The summed E-state index contributed by atoms with van der Waals surface area (Å²) in [6.07, 6.45) is 5.09. The number of benzene rings is 1. The Kier molecular flexibility index (Phi) is 5.39. The van der Waals surface area contributed by atoms with Crippen molar-refractivity contribution in [1.29, 1.82) is 0 Å². The third-order valence-corrected chi connectivity index (χ3v) is 3.75. The molecule has 3 aromatic rings. The molecule has 24 heavy (non-hydrogen) atoms. The second-order valence-corrected chi connectivity index (χ2v) is 5.78. The summed E-state index contributed by atoms with van der Waals surface area (Å²) in [5, 5.41) is 2.79. The topological polar surface area (TPSA) is 81.9 Å². The predicted molar refractivity (Wildman–Crippen MR) is 94.1 cm³/mol. The highest BCUT2D eigenvalue weighted by Gasteiger charge is 2.13. The van der Waals surface area contributed by atoms with E-state index in [9.17, 15) is 4.79 Å². The summed E-state index contributed by atoms with van der Waals surface area (Å²) in [5.41, 5.74) is 1.79. The highest BCUT2D eigenvalue weighted by Crippen LogP contribution is 2.18. The van der Waals surface area contributed by atoms with Gasteiger partial charge in [-0.15, -0.1) is 11.8 Å². The number of nitrogens with one attached hydrogen (secondary N) is 1. The molecule has 0 saturated heterocycles. The normalized spacial score (nSPS) is 10.9. The molecule has 3 rings (SSSR count). The number of aromatic nitrogens is 4. The molecular formula is C16H17N5O2S. The molecule has 1 aromatic carbocycles. The Bertz CT molecular complexity index is 822. The first-order valence-electron chi connectivity index (χ1n) is 7.38. The third-order valence-electron chi connectivity index (χ3n) is 3.35. The highest BCUT2D eigenvalue weighted by atomic mass is 32.2. The minimum Gasteiger partial charge on any atom is -0.369 e. The van der Waals surface area contributed by atoms with Crippen LogP contribution in [0, 0.1) is 0 Å². The number of hydrogen-bond acceptors (Lipinski definition) is 6. The van der Waals surface area contributed by atoms with Crippen molar-refractivity contribution in [3.8, 4) is 0 Å². The molecule has 0 aliphatic carbocycles. The monoisotopic (exact) mass is 343 g/mol. The van der Waals surface area contributed by atoms with Crippen LogP contribution in [0.1, 0.15) is 10.4 Å². The van der Waals surface area contributed by atoms with Gasteiger partial charge in [-0.2, -0.15) is 0 Å². The maximum absolute atomic E-state index is 12.3.